The smallest absolute Gasteiger partial charge is 0.355 e. The van der Waals surface area contributed by atoms with Crippen molar-refractivity contribution in [1.82, 2.24) is 14.3 Å². The van der Waals surface area contributed by atoms with Gasteiger partial charge in [-0.2, -0.15) is 4.31 Å². The van der Waals surface area contributed by atoms with Gasteiger partial charge in [-0.15, -0.1) is 0 Å². The van der Waals surface area contributed by atoms with Crippen LogP contribution in [-0.2, 0) is 19.6 Å². The molecule has 1 aromatic carbocycles. The maximum absolute atomic E-state index is 13.1. The van der Waals surface area contributed by atoms with Crippen molar-refractivity contribution in [1.29, 1.82) is 0 Å². The minimum Gasteiger partial charge on any atom is -0.451 e. The van der Waals surface area contributed by atoms with E-state index in [1.54, 1.807) is 13.0 Å². The zero-order chi connectivity index (χ0) is 22.6. The number of piperidine rings is 1. The van der Waals surface area contributed by atoms with Gasteiger partial charge in [-0.25, -0.2) is 18.0 Å². The molecule has 0 bridgehead atoms. The maximum Gasteiger partial charge on any atom is 0.355 e. The lowest BCUT2D eigenvalue weighted by molar-refractivity contribution is -0.119. The van der Waals surface area contributed by atoms with Gasteiger partial charge in [0.05, 0.1) is 5.69 Å². The SMILES string of the molecule is Cc1ccc(NC(=O)COC(=O)c2cc(=O)[nH]c(=O)[nH]2)c(S(=O)(=O)N2CCCCC2)c1. The predicted octanol–water partition coefficient (Wildman–Crippen LogP) is 0.342. The lowest BCUT2D eigenvalue weighted by Crippen LogP contribution is -2.36. The minimum absolute atomic E-state index is 0.0343. The second-order valence-electron chi connectivity index (χ2n) is 7.09. The molecule has 0 unspecified atom stereocenters. The first kappa shape index (κ1) is 22.4. The van der Waals surface area contributed by atoms with Crippen LogP contribution >= 0.6 is 0 Å². The number of hydrogen-bond acceptors (Lipinski definition) is 7. The molecule has 2 aromatic rings. The molecule has 3 rings (SSSR count). The van der Waals surface area contributed by atoms with Gasteiger partial charge in [0.15, 0.2) is 6.61 Å². The molecule has 3 N–H and O–H groups in total. The molecule has 1 aliphatic heterocycles. The van der Waals surface area contributed by atoms with Gasteiger partial charge in [0.25, 0.3) is 11.5 Å². The maximum atomic E-state index is 13.1. The number of rotatable bonds is 6. The lowest BCUT2D eigenvalue weighted by Gasteiger charge is -2.27. The topological polar surface area (TPSA) is 158 Å². The minimum atomic E-state index is -3.81. The summed E-state index contributed by atoms with van der Waals surface area (Å²) in [6.45, 7) is 1.82. The lowest BCUT2D eigenvalue weighted by atomic mass is 10.2. The number of carbonyl (C=O) groups excluding carboxylic acids is 2. The fraction of sp³-hybridized carbons (Fsp3) is 0.368. The molecule has 2 heterocycles. The van der Waals surface area contributed by atoms with Crippen LogP contribution in [0.1, 0.15) is 35.3 Å². The molecule has 0 aliphatic carbocycles. The molecule has 1 amide bonds. The number of aromatic nitrogens is 2. The highest BCUT2D eigenvalue weighted by Gasteiger charge is 2.29. The number of anilines is 1. The Bertz CT molecular complexity index is 1180. The van der Waals surface area contributed by atoms with Gasteiger partial charge < -0.3 is 15.0 Å². The van der Waals surface area contributed by atoms with Crippen molar-refractivity contribution in [2.24, 2.45) is 0 Å². The van der Waals surface area contributed by atoms with Crippen LogP contribution in [0, 0.1) is 6.92 Å². The summed E-state index contributed by atoms with van der Waals surface area (Å²) in [5, 5.41) is 2.45. The van der Waals surface area contributed by atoms with E-state index in [4.69, 9.17) is 4.74 Å². The molecular formula is C19H22N4O7S. The number of nitrogens with one attached hydrogen (secondary N) is 3. The quantitative estimate of drug-likeness (QED) is 0.535. The third kappa shape index (κ3) is 5.47. The van der Waals surface area contributed by atoms with Crippen molar-refractivity contribution in [3.63, 3.8) is 0 Å². The number of benzene rings is 1. The van der Waals surface area contributed by atoms with Crippen LogP contribution in [0.2, 0.25) is 0 Å². The number of H-pyrrole nitrogens is 2. The number of aryl methyl sites for hydroxylation is 1. The van der Waals surface area contributed by atoms with E-state index in [0.29, 0.717) is 18.7 Å². The van der Waals surface area contributed by atoms with E-state index in [0.717, 1.165) is 25.3 Å². The van der Waals surface area contributed by atoms with E-state index in [1.807, 2.05) is 4.98 Å². The Labute approximate surface area is 177 Å². The van der Waals surface area contributed by atoms with Gasteiger partial charge in [0.1, 0.15) is 10.6 Å². The number of amides is 1. The Morgan fingerprint density at radius 1 is 1.10 bits per heavy atom. The summed E-state index contributed by atoms with van der Waals surface area (Å²) in [5.41, 5.74) is -1.33. The number of sulfonamides is 1. The van der Waals surface area contributed by atoms with Crippen LogP contribution in [0.15, 0.2) is 38.8 Å². The molecule has 1 saturated heterocycles. The first-order chi connectivity index (χ1) is 14.7. The standard InChI is InChI=1S/C19H22N4O7S/c1-12-5-6-13(15(9-12)31(28,29)23-7-3-2-4-8-23)20-17(25)11-30-18(26)14-10-16(24)22-19(27)21-14/h5-6,9-10H,2-4,7-8,11H2,1H3,(H,20,25)(H2,21,22,24,27). The first-order valence-corrected chi connectivity index (χ1v) is 11.0. The van der Waals surface area contributed by atoms with Crippen molar-refractivity contribution in [3.05, 3.63) is 56.4 Å². The summed E-state index contributed by atoms with van der Waals surface area (Å²) in [6.07, 6.45) is 2.51. The normalized spacial score (nSPS) is 14.7. The highest BCUT2D eigenvalue weighted by atomic mass is 32.2. The predicted molar refractivity (Wildman–Crippen MR) is 110 cm³/mol. The van der Waals surface area contributed by atoms with Crippen LogP contribution in [-0.4, -0.2) is 54.3 Å². The second-order valence-corrected chi connectivity index (χ2v) is 9.00. The average Bonchev–Trinajstić information content (AvgIpc) is 2.73. The summed E-state index contributed by atoms with van der Waals surface area (Å²) >= 11 is 0. The molecule has 1 aliphatic rings. The highest BCUT2D eigenvalue weighted by molar-refractivity contribution is 7.89. The molecule has 0 radical (unpaired) electrons. The Morgan fingerprint density at radius 3 is 2.48 bits per heavy atom. The third-order valence-corrected chi connectivity index (χ3v) is 6.60. The zero-order valence-electron chi connectivity index (χ0n) is 16.8. The molecule has 31 heavy (non-hydrogen) atoms. The average molecular weight is 450 g/mol. The molecule has 1 aromatic heterocycles. The van der Waals surface area contributed by atoms with Crippen molar-refractivity contribution < 1.29 is 22.7 Å². The fourth-order valence-electron chi connectivity index (χ4n) is 3.16. The third-order valence-electron chi connectivity index (χ3n) is 4.66. The number of hydrogen-bond donors (Lipinski definition) is 3. The van der Waals surface area contributed by atoms with Gasteiger partial charge in [-0.1, -0.05) is 12.5 Å². The molecule has 1 fully saturated rings. The number of carbonyl (C=O) groups is 2. The number of aromatic amines is 2. The van der Waals surface area contributed by atoms with Gasteiger partial charge in [-0.3, -0.25) is 14.6 Å². The van der Waals surface area contributed by atoms with Crippen molar-refractivity contribution in [3.8, 4) is 0 Å². The van der Waals surface area contributed by atoms with Crippen LogP contribution in [0.5, 0.6) is 0 Å². The summed E-state index contributed by atoms with van der Waals surface area (Å²) in [4.78, 5) is 50.7. The van der Waals surface area contributed by atoms with Crippen LogP contribution in [0.25, 0.3) is 0 Å². The van der Waals surface area contributed by atoms with Gasteiger partial charge in [0.2, 0.25) is 10.0 Å². The van der Waals surface area contributed by atoms with Gasteiger partial charge in [0, 0.05) is 19.2 Å². The Hall–Kier alpha value is -3.25. The summed E-state index contributed by atoms with van der Waals surface area (Å²) in [7, 11) is -3.81. The van der Waals surface area contributed by atoms with Crippen molar-refractivity contribution in [2.75, 3.05) is 25.0 Å². The van der Waals surface area contributed by atoms with Crippen LogP contribution < -0.4 is 16.6 Å². The number of esters is 1. The van der Waals surface area contributed by atoms with E-state index in [9.17, 15) is 27.6 Å². The van der Waals surface area contributed by atoms with E-state index < -0.39 is 45.4 Å². The number of nitrogens with zero attached hydrogens (tertiary/aromatic N) is 1. The largest absolute Gasteiger partial charge is 0.451 e. The molecule has 0 saturated carbocycles. The van der Waals surface area contributed by atoms with E-state index in [-0.39, 0.29) is 10.6 Å². The van der Waals surface area contributed by atoms with E-state index in [1.165, 1.54) is 16.4 Å². The van der Waals surface area contributed by atoms with Crippen molar-refractivity contribution in [2.45, 2.75) is 31.1 Å². The molecule has 0 spiro atoms. The van der Waals surface area contributed by atoms with Crippen LogP contribution in [0.3, 0.4) is 0 Å². The second kappa shape index (κ2) is 9.27. The van der Waals surface area contributed by atoms with Gasteiger partial charge in [-0.05, 0) is 37.5 Å². The Balaban J connectivity index is 1.73. The molecule has 0 atom stereocenters. The first-order valence-electron chi connectivity index (χ1n) is 9.58. The Kier molecular flexibility index (Phi) is 6.71. The Morgan fingerprint density at radius 2 is 1.81 bits per heavy atom. The fourth-order valence-corrected chi connectivity index (χ4v) is 4.91. The number of ether oxygens (including phenoxy) is 1. The summed E-state index contributed by atoms with van der Waals surface area (Å²) in [5.74, 6) is -1.86. The zero-order valence-corrected chi connectivity index (χ0v) is 17.6. The highest BCUT2D eigenvalue weighted by Crippen LogP contribution is 2.28. The van der Waals surface area contributed by atoms with Crippen molar-refractivity contribution >= 4 is 27.6 Å². The van der Waals surface area contributed by atoms with Gasteiger partial charge >= 0.3 is 11.7 Å². The van der Waals surface area contributed by atoms with Crippen LogP contribution in [0.4, 0.5) is 5.69 Å². The molecule has 166 valence electrons. The monoisotopic (exact) mass is 450 g/mol. The van der Waals surface area contributed by atoms with E-state index >= 15 is 0 Å². The molecule has 11 nitrogen and oxygen atoms in total. The summed E-state index contributed by atoms with van der Waals surface area (Å²) in [6, 6.07) is 5.43. The molecule has 12 heteroatoms. The van der Waals surface area contributed by atoms with E-state index in [2.05, 4.69) is 10.3 Å². The summed E-state index contributed by atoms with van der Waals surface area (Å²) < 4.78 is 32.4. The molecular weight excluding hydrogens is 428 g/mol.